The lowest BCUT2D eigenvalue weighted by molar-refractivity contribution is 0.181. The molecule has 0 bridgehead atoms. The Kier molecular flexibility index (Phi) is 5.16. The molecule has 3 aromatic rings. The van der Waals surface area contributed by atoms with Gasteiger partial charge in [-0.15, -0.1) is 0 Å². The lowest BCUT2D eigenvalue weighted by atomic mass is 9.83. The van der Waals surface area contributed by atoms with Crippen molar-refractivity contribution in [2.75, 3.05) is 35.7 Å². The molecule has 2 aliphatic rings. The Bertz CT molecular complexity index is 1240. The van der Waals surface area contributed by atoms with Crippen LogP contribution in [0.25, 0.3) is 10.8 Å². The number of nitrogens with zero attached hydrogens (tertiary/aromatic N) is 4. The van der Waals surface area contributed by atoms with Crippen molar-refractivity contribution in [2.24, 2.45) is 5.73 Å². The number of nitrogen functional groups attached to an aromatic ring is 1. The highest BCUT2D eigenvalue weighted by atomic mass is 16.6. The Balaban J connectivity index is 1.52. The van der Waals surface area contributed by atoms with Gasteiger partial charge in [-0.1, -0.05) is 13.8 Å². The number of hydrogen-bond donors (Lipinski definition) is 3. The molecule has 33 heavy (non-hydrogen) atoms. The number of nitrogens with two attached hydrogens (primary N) is 2. The van der Waals surface area contributed by atoms with Crippen molar-refractivity contribution in [3.05, 3.63) is 35.5 Å². The van der Waals surface area contributed by atoms with E-state index in [0.29, 0.717) is 54.3 Å². The van der Waals surface area contributed by atoms with Crippen LogP contribution in [0, 0.1) is 0 Å². The van der Waals surface area contributed by atoms with Gasteiger partial charge >= 0.3 is 6.09 Å². The molecule has 0 radical (unpaired) electrons. The summed E-state index contributed by atoms with van der Waals surface area (Å²) >= 11 is 0. The smallest absolute Gasteiger partial charge is 0.415 e. The zero-order chi connectivity index (χ0) is 23.2. The molecule has 10 heteroatoms. The van der Waals surface area contributed by atoms with Crippen molar-refractivity contribution in [3.8, 4) is 5.88 Å². The van der Waals surface area contributed by atoms with E-state index in [2.05, 4.69) is 34.1 Å². The first kappa shape index (κ1) is 21.2. The number of carbonyl (C=O) groups excluding carboxylic acids is 1. The molecule has 10 nitrogen and oxygen atoms in total. The van der Waals surface area contributed by atoms with Crippen molar-refractivity contribution in [3.63, 3.8) is 0 Å². The second kappa shape index (κ2) is 8.04. The quantitative estimate of drug-likeness (QED) is 0.517. The van der Waals surface area contributed by atoms with Crippen molar-refractivity contribution in [1.29, 1.82) is 0 Å². The van der Waals surface area contributed by atoms with Gasteiger partial charge in [0, 0.05) is 29.1 Å². The summed E-state index contributed by atoms with van der Waals surface area (Å²) < 4.78 is 10.8. The number of pyridine rings is 3. The molecule has 0 saturated carbocycles. The third kappa shape index (κ3) is 3.66. The van der Waals surface area contributed by atoms with Crippen molar-refractivity contribution >= 4 is 40.1 Å². The molecule has 172 valence electrons. The summed E-state index contributed by atoms with van der Waals surface area (Å²) in [4.78, 5) is 26.9. The Morgan fingerprint density at radius 3 is 2.67 bits per heavy atom. The van der Waals surface area contributed by atoms with Crippen LogP contribution in [0.1, 0.15) is 37.8 Å². The maximum absolute atomic E-state index is 12.0. The molecule has 0 aromatic carbocycles. The van der Waals surface area contributed by atoms with Gasteiger partial charge in [-0.25, -0.2) is 14.8 Å². The second-order valence-electron chi connectivity index (χ2n) is 8.35. The van der Waals surface area contributed by atoms with E-state index in [1.54, 1.807) is 12.3 Å². The normalized spacial score (nSPS) is 15.5. The van der Waals surface area contributed by atoms with Gasteiger partial charge in [-0.2, -0.15) is 4.98 Å². The van der Waals surface area contributed by atoms with Crippen LogP contribution in [-0.4, -0.2) is 40.8 Å². The van der Waals surface area contributed by atoms with Crippen molar-refractivity contribution < 1.29 is 14.3 Å². The van der Waals surface area contributed by atoms with Crippen LogP contribution in [0.15, 0.2) is 24.4 Å². The van der Waals surface area contributed by atoms with Crippen LogP contribution in [-0.2, 0) is 16.7 Å². The minimum Gasteiger partial charge on any atom is -0.477 e. The third-order valence-electron chi connectivity index (χ3n) is 6.50. The van der Waals surface area contributed by atoms with E-state index in [1.807, 2.05) is 12.1 Å². The molecule has 3 aromatic heterocycles. The summed E-state index contributed by atoms with van der Waals surface area (Å²) in [5, 5.41) is 4.77. The molecule has 0 spiro atoms. The molecule has 5 rings (SSSR count). The zero-order valence-electron chi connectivity index (χ0n) is 18.7. The highest BCUT2D eigenvalue weighted by Crippen LogP contribution is 2.38. The predicted octanol–water partition coefficient (Wildman–Crippen LogP) is 3.22. The van der Waals surface area contributed by atoms with Crippen LogP contribution in [0.5, 0.6) is 5.88 Å². The predicted molar refractivity (Wildman–Crippen MR) is 126 cm³/mol. The van der Waals surface area contributed by atoms with Crippen molar-refractivity contribution in [2.45, 2.75) is 38.6 Å². The van der Waals surface area contributed by atoms with E-state index in [0.717, 1.165) is 35.8 Å². The molecule has 5 N–H and O–H groups in total. The van der Waals surface area contributed by atoms with E-state index in [1.165, 1.54) is 4.90 Å². The van der Waals surface area contributed by atoms with E-state index < -0.39 is 11.6 Å². The van der Waals surface area contributed by atoms with Crippen LogP contribution >= 0.6 is 0 Å². The summed E-state index contributed by atoms with van der Waals surface area (Å²) in [7, 11) is 0. The van der Waals surface area contributed by atoms with Gasteiger partial charge in [0.1, 0.15) is 29.9 Å². The third-order valence-corrected chi connectivity index (χ3v) is 6.50. The molecule has 1 fully saturated rings. The van der Waals surface area contributed by atoms with E-state index in [4.69, 9.17) is 20.9 Å². The lowest BCUT2D eigenvalue weighted by Gasteiger charge is -2.29. The zero-order valence-corrected chi connectivity index (χ0v) is 18.7. The van der Waals surface area contributed by atoms with E-state index >= 15 is 0 Å². The first-order valence-electron chi connectivity index (χ1n) is 11.2. The number of aromatic nitrogens is 3. The Morgan fingerprint density at radius 2 is 1.94 bits per heavy atom. The van der Waals surface area contributed by atoms with Gasteiger partial charge in [0.2, 0.25) is 5.88 Å². The monoisotopic (exact) mass is 449 g/mol. The van der Waals surface area contributed by atoms with Gasteiger partial charge in [-0.3, -0.25) is 4.90 Å². The summed E-state index contributed by atoms with van der Waals surface area (Å²) in [6.07, 6.45) is 3.64. The topological polar surface area (TPSA) is 142 Å². The molecule has 2 aliphatic heterocycles. The number of fused-ring (bicyclic) bond motifs is 2. The number of nitrogens with one attached hydrogen (secondary N) is 1. The average Bonchev–Trinajstić information content (AvgIpc) is 3.46. The number of rotatable bonds is 6. The van der Waals surface area contributed by atoms with E-state index in [-0.39, 0.29) is 0 Å². The molecule has 1 saturated heterocycles. The highest BCUT2D eigenvalue weighted by molar-refractivity contribution is 5.97. The van der Waals surface area contributed by atoms with Crippen LogP contribution in [0.2, 0.25) is 0 Å². The van der Waals surface area contributed by atoms with Crippen LogP contribution in [0.3, 0.4) is 0 Å². The minimum absolute atomic E-state index is 0.298. The largest absolute Gasteiger partial charge is 0.477 e. The minimum atomic E-state index is -0.451. The Morgan fingerprint density at radius 1 is 1.12 bits per heavy atom. The van der Waals surface area contributed by atoms with Gasteiger partial charge in [-0.05, 0) is 42.0 Å². The molecule has 0 unspecified atom stereocenters. The molecular weight excluding hydrogens is 422 g/mol. The fraction of sp³-hybridized carbons (Fsp3) is 0.391. The van der Waals surface area contributed by atoms with E-state index in [9.17, 15) is 4.79 Å². The molecular formula is C23H27N7O3. The Hall–Kier alpha value is -3.66. The molecule has 5 heterocycles. The SMILES string of the molecule is CCC(N)(CC)c1cc(Nc2cc3cc(N4CCOC4=O)nc(N)c3cn2)nc2c1CCO2. The van der Waals surface area contributed by atoms with Gasteiger partial charge in [0.05, 0.1) is 13.2 Å². The summed E-state index contributed by atoms with van der Waals surface area (Å²) in [5.41, 5.74) is 14.6. The molecule has 0 aliphatic carbocycles. The van der Waals surface area contributed by atoms with Gasteiger partial charge in [0.15, 0.2) is 0 Å². The maximum atomic E-state index is 12.0. The number of cyclic esters (lactones) is 1. The lowest BCUT2D eigenvalue weighted by Crippen LogP contribution is -2.36. The average molecular weight is 450 g/mol. The molecule has 0 atom stereocenters. The molecule has 1 amide bonds. The van der Waals surface area contributed by atoms with Gasteiger partial charge in [0.25, 0.3) is 0 Å². The first-order valence-corrected chi connectivity index (χ1v) is 11.2. The Labute approximate surface area is 191 Å². The number of carbonyl (C=O) groups is 1. The maximum Gasteiger partial charge on any atom is 0.415 e. The number of hydrogen-bond acceptors (Lipinski definition) is 9. The standard InChI is InChI=1S/C23H27N7O3/c1-3-23(25,4-2)16-11-18(28-21-14(16)5-7-32-21)27-17-9-13-10-19(30-6-8-33-22(30)31)29-20(24)15(13)12-26-17/h9-12H,3-8,25H2,1-2H3,(H2,24,29)(H,26,27,28). The number of anilines is 4. The number of amides is 1. The summed E-state index contributed by atoms with van der Waals surface area (Å²) in [6, 6.07) is 5.65. The fourth-order valence-corrected chi connectivity index (χ4v) is 4.40. The first-order chi connectivity index (χ1) is 15.9. The number of ether oxygens (including phenoxy) is 2. The van der Waals surface area contributed by atoms with Gasteiger partial charge < -0.3 is 26.3 Å². The van der Waals surface area contributed by atoms with Crippen LogP contribution in [0.4, 0.5) is 28.1 Å². The summed E-state index contributed by atoms with van der Waals surface area (Å²) in [6.45, 7) is 5.55. The van der Waals surface area contributed by atoms with Crippen molar-refractivity contribution in [1.82, 2.24) is 15.0 Å². The second-order valence-corrected chi connectivity index (χ2v) is 8.35. The van der Waals surface area contributed by atoms with Crippen LogP contribution < -0.4 is 26.4 Å². The summed E-state index contributed by atoms with van der Waals surface area (Å²) in [5.74, 6) is 2.56. The fourth-order valence-electron chi connectivity index (χ4n) is 4.40. The highest BCUT2D eigenvalue weighted by Gasteiger charge is 2.31.